The standard InChI is InChI=1S/C12H8BrCl2FN2/c1-5-11(17-6(2)18-12(5)15)7-3-4-8(13)9(14)10(7)16/h3-4H,1-2H3. The first-order valence-electron chi connectivity index (χ1n) is 5.06. The van der Waals surface area contributed by atoms with Gasteiger partial charge in [-0.05, 0) is 41.9 Å². The Morgan fingerprint density at radius 3 is 2.50 bits per heavy atom. The fourth-order valence-corrected chi connectivity index (χ4v) is 2.25. The van der Waals surface area contributed by atoms with E-state index in [9.17, 15) is 4.39 Å². The number of nitrogens with zero attached hydrogens (tertiary/aromatic N) is 2. The molecule has 2 aromatic rings. The van der Waals surface area contributed by atoms with Crippen LogP contribution in [0, 0.1) is 19.7 Å². The van der Waals surface area contributed by atoms with Crippen LogP contribution in [-0.2, 0) is 0 Å². The highest BCUT2D eigenvalue weighted by atomic mass is 79.9. The van der Waals surface area contributed by atoms with Crippen LogP contribution in [0.5, 0.6) is 0 Å². The van der Waals surface area contributed by atoms with E-state index in [4.69, 9.17) is 23.2 Å². The highest BCUT2D eigenvalue weighted by Crippen LogP contribution is 2.34. The van der Waals surface area contributed by atoms with Gasteiger partial charge in [-0.25, -0.2) is 14.4 Å². The predicted molar refractivity (Wildman–Crippen MR) is 74.6 cm³/mol. The monoisotopic (exact) mass is 348 g/mol. The van der Waals surface area contributed by atoms with E-state index in [1.807, 2.05) is 0 Å². The number of aryl methyl sites for hydroxylation is 1. The highest BCUT2D eigenvalue weighted by Gasteiger charge is 2.17. The fourth-order valence-electron chi connectivity index (χ4n) is 1.57. The zero-order chi connectivity index (χ0) is 13.4. The van der Waals surface area contributed by atoms with Crippen LogP contribution in [0.1, 0.15) is 11.4 Å². The molecule has 2 rings (SSSR count). The van der Waals surface area contributed by atoms with Gasteiger partial charge in [0, 0.05) is 15.6 Å². The molecule has 1 aromatic heterocycles. The topological polar surface area (TPSA) is 25.8 Å². The molecule has 0 spiro atoms. The minimum atomic E-state index is -0.525. The lowest BCUT2D eigenvalue weighted by molar-refractivity contribution is 0.630. The van der Waals surface area contributed by atoms with Gasteiger partial charge in [0.05, 0.1) is 10.7 Å². The molecule has 1 heterocycles. The molecule has 0 bridgehead atoms. The first-order chi connectivity index (χ1) is 8.41. The van der Waals surface area contributed by atoms with Crippen molar-refractivity contribution in [1.82, 2.24) is 9.97 Å². The summed E-state index contributed by atoms with van der Waals surface area (Å²) < 4.78 is 14.6. The summed E-state index contributed by atoms with van der Waals surface area (Å²) in [6, 6.07) is 3.28. The molecule has 1 aromatic carbocycles. The molecule has 0 aliphatic rings. The summed E-state index contributed by atoms with van der Waals surface area (Å²) in [5.74, 6) is -0.0395. The van der Waals surface area contributed by atoms with Crippen molar-refractivity contribution in [2.45, 2.75) is 13.8 Å². The number of benzene rings is 1. The Balaban J connectivity index is 2.74. The zero-order valence-electron chi connectivity index (χ0n) is 9.56. The van der Waals surface area contributed by atoms with Crippen LogP contribution in [0.3, 0.4) is 0 Å². The van der Waals surface area contributed by atoms with E-state index in [0.717, 1.165) is 0 Å². The third-order valence-electron chi connectivity index (χ3n) is 2.49. The van der Waals surface area contributed by atoms with Gasteiger partial charge in [-0.15, -0.1) is 0 Å². The molecule has 6 heteroatoms. The van der Waals surface area contributed by atoms with Crippen molar-refractivity contribution in [1.29, 1.82) is 0 Å². The van der Waals surface area contributed by atoms with Crippen LogP contribution in [0.25, 0.3) is 11.3 Å². The maximum absolute atomic E-state index is 14.1. The Morgan fingerprint density at radius 2 is 1.83 bits per heavy atom. The molecule has 0 aliphatic carbocycles. The summed E-state index contributed by atoms with van der Waals surface area (Å²) in [6.45, 7) is 3.44. The van der Waals surface area contributed by atoms with E-state index in [0.29, 0.717) is 32.3 Å². The first-order valence-corrected chi connectivity index (χ1v) is 6.61. The van der Waals surface area contributed by atoms with Gasteiger partial charge in [0.25, 0.3) is 0 Å². The Morgan fingerprint density at radius 1 is 1.17 bits per heavy atom. The van der Waals surface area contributed by atoms with E-state index in [1.165, 1.54) is 0 Å². The second kappa shape index (κ2) is 5.11. The average molecular weight is 350 g/mol. The Hall–Kier alpha value is -0.710. The maximum Gasteiger partial charge on any atom is 0.152 e. The molecule has 94 valence electrons. The average Bonchev–Trinajstić information content (AvgIpc) is 2.31. The van der Waals surface area contributed by atoms with Crippen molar-refractivity contribution in [3.63, 3.8) is 0 Å². The summed E-state index contributed by atoms with van der Waals surface area (Å²) in [6.07, 6.45) is 0. The fraction of sp³-hybridized carbons (Fsp3) is 0.167. The summed E-state index contributed by atoms with van der Waals surface area (Å²) in [4.78, 5) is 8.24. The lowest BCUT2D eigenvalue weighted by Gasteiger charge is -2.10. The molecule has 0 atom stereocenters. The van der Waals surface area contributed by atoms with Gasteiger partial charge in [0.2, 0.25) is 0 Å². The number of hydrogen-bond acceptors (Lipinski definition) is 2. The van der Waals surface area contributed by atoms with Gasteiger partial charge in [-0.3, -0.25) is 0 Å². The van der Waals surface area contributed by atoms with Crippen LogP contribution in [0.2, 0.25) is 10.2 Å². The molecular formula is C12H8BrCl2FN2. The van der Waals surface area contributed by atoms with E-state index in [2.05, 4.69) is 25.9 Å². The summed E-state index contributed by atoms with van der Waals surface area (Å²) in [5, 5.41) is 0.343. The minimum absolute atomic E-state index is 0.0271. The van der Waals surface area contributed by atoms with Crippen LogP contribution in [-0.4, -0.2) is 9.97 Å². The van der Waals surface area contributed by atoms with Crippen molar-refractivity contribution in [3.05, 3.63) is 44.0 Å². The molecule has 0 N–H and O–H groups in total. The van der Waals surface area contributed by atoms with Gasteiger partial charge < -0.3 is 0 Å². The summed E-state index contributed by atoms with van der Waals surface area (Å²) >= 11 is 15.0. The van der Waals surface area contributed by atoms with Gasteiger partial charge in [-0.1, -0.05) is 23.2 Å². The quantitative estimate of drug-likeness (QED) is 0.536. The lowest BCUT2D eigenvalue weighted by Crippen LogP contribution is -1.98. The predicted octanol–water partition coefficient (Wildman–Crippen LogP) is 4.97. The van der Waals surface area contributed by atoms with Gasteiger partial charge in [0.15, 0.2) is 5.82 Å². The number of hydrogen-bond donors (Lipinski definition) is 0. The van der Waals surface area contributed by atoms with Gasteiger partial charge in [-0.2, -0.15) is 0 Å². The summed E-state index contributed by atoms with van der Waals surface area (Å²) in [7, 11) is 0. The third kappa shape index (κ3) is 2.37. The van der Waals surface area contributed by atoms with E-state index < -0.39 is 5.82 Å². The van der Waals surface area contributed by atoms with E-state index in [-0.39, 0.29) is 5.02 Å². The Labute approximate surface area is 122 Å². The normalized spacial score (nSPS) is 10.8. The van der Waals surface area contributed by atoms with E-state index >= 15 is 0 Å². The first kappa shape index (κ1) is 13.7. The van der Waals surface area contributed by atoms with Gasteiger partial charge in [0.1, 0.15) is 11.0 Å². The van der Waals surface area contributed by atoms with Crippen molar-refractivity contribution < 1.29 is 4.39 Å². The van der Waals surface area contributed by atoms with Crippen molar-refractivity contribution in [2.75, 3.05) is 0 Å². The number of halogens is 4. The van der Waals surface area contributed by atoms with Crippen LogP contribution >= 0.6 is 39.1 Å². The molecule has 0 saturated carbocycles. The SMILES string of the molecule is Cc1nc(Cl)c(C)c(-c2ccc(Br)c(Cl)c2F)n1. The molecule has 18 heavy (non-hydrogen) atoms. The van der Waals surface area contributed by atoms with Crippen LogP contribution < -0.4 is 0 Å². The smallest absolute Gasteiger partial charge is 0.152 e. The highest BCUT2D eigenvalue weighted by molar-refractivity contribution is 9.10. The number of rotatable bonds is 1. The molecule has 0 aliphatic heterocycles. The zero-order valence-corrected chi connectivity index (χ0v) is 12.7. The summed E-state index contributed by atoms with van der Waals surface area (Å²) in [5.41, 5.74) is 1.40. The molecule has 0 radical (unpaired) electrons. The Bertz CT molecular complexity index is 632. The molecule has 0 unspecified atom stereocenters. The van der Waals surface area contributed by atoms with E-state index in [1.54, 1.807) is 26.0 Å². The number of aromatic nitrogens is 2. The third-order valence-corrected chi connectivity index (χ3v) is 4.12. The molecule has 2 nitrogen and oxygen atoms in total. The Kier molecular flexibility index (Phi) is 3.90. The molecule has 0 amide bonds. The lowest BCUT2D eigenvalue weighted by atomic mass is 10.1. The van der Waals surface area contributed by atoms with Crippen molar-refractivity contribution >= 4 is 39.1 Å². The largest absolute Gasteiger partial charge is 0.233 e. The van der Waals surface area contributed by atoms with Crippen molar-refractivity contribution in [3.8, 4) is 11.3 Å². The van der Waals surface area contributed by atoms with Crippen molar-refractivity contribution in [2.24, 2.45) is 0 Å². The molecule has 0 fully saturated rings. The minimum Gasteiger partial charge on any atom is -0.233 e. The second-order valence-corrected chi connectivity index (χ2v) is 5.35. The van der Waals surface area contributed by atoms with Crippen LogP contribution in [0.4, 0.5) is 4.39 Å². The molecular weight excluding hydrogens is 342 g/mol. The molecule has 0 saturated heterocycles. The second-order valence-electron chi connectivity index (χ2n) is 3.76. The van der Waals surface area contributed by atoms with Crippen LogP contribution in [0.15, 0.2) is 16.6 Å². The maximum atomic E-state index is 14.1. The van der Waals surface area contributed by atoms with Gasteiger partial charge >= 0.3 is 0 Å².